The summed E-state index contributed by atoms with van der Waals surface area (Å²) in [5.41, 5.74) is 2.37. The highest BCUT2D eigenvalue weighted by Gasteiger charge is 2.28. The quantitative estimate of drug-likeness (QED) is 0.512. The zero-order chi connectivity index (χ0) is 18.9. The molecule has 0 fully saturated rings. The molecule has 0 saturated carbocycles. The minimum atomic E-state index is -0.163. The maximum atomic E-state index is 4.78. The first kappa shape index (κ1) is 16.6. The number of aromatic amines is 1. The molecule has 1 aliphatic heterocycles. The number of para-hydroxylation sites is 1. The summed E-state index contributed by atoms with van der Waals surface area (Å²) in [5, 5.41) is 4.18. The molecular weight excluding hydrogens is 374 g/mol. The highest BCUT2D eigenvalue weighted by Crippen LogP contribution is 2.38. The van der Waals surface area contributed by atoms with Gasteiger partial charge in [-0.3, -0.25) is 4.31 Å². The Morgan fingerprint density at radius 3 is 2.79 bits per heavy atom. The summed E-state index contributed by atoms with van der Waals surface area (Å²) in [6, 6.07) is 9.89. The van der Waals surface area contributed by atoms with Crippen molar-refractivity contribution >= 4 is 46.3 Å². The van der Waals surface area contributed by atoms with Gasteiger partial charge in [-0.05, 0) is 19.1 Å². The average Bonchev–Trinajstić information content (AvgIpc) is 3.23. The molecule has 0 spiro atoms. The first-order valence-corrected chi connectivity index (χ1v) is 9.40. The Morgan fingerprint density at radius 1 is 1.04 bits per heavy atom. The van der Waals surface area contributed by atoms with Crippen molar-refractivity contribution in [1.29, 1.82) is 0 Å². The van der Waals surface area contributed by atoms with Gasteiger partial charge in [0, 0.05) is 24.3 Å². The van der Waals surface area contributed by atoms with Gasteiger partial charge in [-0.2, -0.15) is 0 Å². The highest BCUT2D eigenvalue weighted by molar-refractivity contribution is 8.01. The van der Waals surface area contributed by atoms with Gasteiger partial charge in [-0.15, -0.1) is 0 Å². The van der Waals surface area contributed by atoms with Gasteiger partial charge in [0.1, 0.15) is 17.7 Å². The predicted octanol–water partition coefficient (Wildman–Crippen LogP) is 3.20. The molecule has 10 heteroatoms. The van der Waals surface area contributed by atoms with Gasteiger partial charge >= 0.3 is 0 Å². The molecule has 4 heterocycles. The summed E-state index contributed by atoms with van der Waals surface area (Å²) in [5.74, 6) is 2.08. The molecule has 5 rings (SSSR count). The van der Waals surface area contributed by atoms with Crippen LogP contribution in [0.3, 0.4) is 0 Å². The first-order valence-electron chi connectivity index (χ1n) is 8.63. The normalized spacial score (nSPS) is 14.5. The zero-order valence-electron chi connectivity index (χ0n) is 14.8. The molecule has 0 radical (unpaired) electrons. The Bertz CT molecular complexity index is 1160. The molecule has 0 amide bonds. The van der Waals surface area contributed by atoms with Crippen LogP contribution in [0.4, 0.5) is 17.3 Å². The van der Waals surface area contributed by atoms with Crippen LogP contribution in [-0.2, 0) is 0 Å². The van der Waals surface area contributed by atoms with Crippen molar-refractivity contribution in [3.8, 4) is 0 Å². The van der Waals surface area contributed by atoms with E-state index in [9.17, 15) is 0 Å². The monoisotopic (exact) mass is 389 g/mol. The van der Waals surface area contributed by atoms with E-state index in [2.05, 4.69) is 39.5 Å². The second-order valence-corrected chi connectivity index (χ2v) is 7.00. The van der Waals surface area contributed by atoms with Crippen molar-refractivity contribution in [2.75, 3.05) is 9.62 Å². The molecule has 2 N–H and O–H groups in total. The minimum absolute atomic E-state index is 0.163. The van der Waals surface area contributed by atoms with E-state index in [1.807, 2.05) is 37.3 Å². The molecular formula is C18H15N9S. The molecule has 28 heavy (non-hydrogen) atoms. The summed E-state index contributed by atoms with van der Waals surface area (Å²) >= 11 is 1.50. The molecule has 3 aromatic heterocycles. The molecule has 1 atom stereocenters. The van der Waals surface area contributed by atoms with Crippen molar-refractivity contribution in [1.82, 2.24) is 29.9 Å². The van der Waals surface area contributed by atoms with E-state index < -0.39 is 0 Å². The van der Waals surface area contributed by atoms with Crippen molar-refractivity contribution < 1.29 is 0 Å². The van der Waals surface area contributed by atoms with Crippen molar-refractivity contribution in [3.63, 3.8) is 0 Å². The number of amidine groups is 1. The van der Waals surface area contributed by atoms with Crippen molar-refractivity contribution in [2.24, 2.45) is 4.99 Å². The number of H-pyrrole nitrogens is 1. The summed E-state index contributed by atoms with van der Waals surface area (Å²) in [7, 11) is 0. The number of nitrogens with zero attached hydrogens (tertiary/aromatic N) is 7. The van der Waals surface area contributed by atoms with Crippen LogP contribution in [0.2, 0.25) is 0 Å². The molecule has 9 nitrogen and oxygen atoms in total. The van der Waals surface area contributed by atoms with E-state index in [-0.39, 0.29) is 6.04 Å². The van der Waals surface area contributed by atoms with E-state index in [0.29, 0.717) is 17.3 Å². The lowest BCUT2D eigenvalue weighted by atomic mass is 10.2. The van der Waals surface area contributed by atoms with Crippen molar-refractivity contribution in [2.45, 2.75) is 18.0 Å². The smallest absolute Gasteiger partial charge is 0.188 e. The Balaban J connectivity index is 1.54. The fourth-order valence-corrected chi connectivity index (χ4v) is 3.89. The predicted molar refractivity (Wildman–Crippen MR) is 109 cm³/mol. The molecule has 0 bridgehead atoms. The molecule has 1 aromatic carbocycles. The van der Waals surface area contributed by atoms with Gasteiger partial charge in [0.15, 0.2) is 22.3 Å². The minimum Gasteiger partial charge on any atom is -0.358 e. The number of fused-ring (bicyclic) bond motifs is 2. The van der Waals surface area contributed by atoms with Crippen LogP contribution in [0.1, 0.15) is 6.92 Å². The number of rotatable bonds is 4. The lowest BCUT2D eigenvalue weighted by molar-refractivity contribution is 0.976. The Labute approximate surface area is 164 Å². The Kier molecular flexibility index (Phi) is 4.09. The van der Waals surface area contributed by atoms with Crippen LogP contribution in [0, 0.1) is 0 Å². The van der Waals surface area contributed by atoms with Gasteiger partial charge in [-0.25, -0.2) is 29.9 Å². The second kappa shape index (κ2) is 6.89. The average molecular weight is 389 g/mol. The van der Waals surface area contributed by atoms with Gasteiger partial charge in [0.05, 0.1) is 18.1 Å². The maximum Gasteiger partial charge on any atom is 0.188 e. The Hall–Kier alpha value is -3.53. The van der Waals surface area contributed by atoms with E-state index in [1.165, 1.54) is 18.3 Å². The number of aromatic nitrogens is 6. The second-order valence-electron chi connectivity index (χ2n) is 6.07. The van der Waals surface area contributed by atoms with Crippen LogP contribution in [0.15, 0.2) is 65.4 Å². The molecule has 138 valence electrons. The van der Waals surface area contributed by atoms with Gasteiger partial charge < -0.3 is 10.3 Å². The number of aliphatic imine (C=N–C) groups is 1. The standard InChI is InChI=1S/C18H15N9S/c1-11(25-15-13-14(22-9-21-13)23-10-24-15)17-26-16-18(20-8-7-19-16)28-27(17)12-5-3-2-4-6-12/h2-11H,1H3,(H2,21,22,23,24,25). The number of hydrogen-bond donors (Lipinski definition) is 2. The molecule has 1 unspecified atom stereocenters. The van der Waals surface area contributed by atoms with Crippen LogP contribution >= 0.6 is 11.9 Å². The van der Waals surface area contributed by atoms with Gasteiger partial charge in [-0.1, -0.05) is 18.2 Å². The highest BCUT2D eigenvalue weighted by atomic mass is 32.2. The summed E-state index contributed by atoms with van der Waals surface area (Å²) in [6.07, 6.45) is 6.42. The third-order valence-electron chi connectivity index (χ3n) is 4.21. The van der Waals surface area contributed by atoms with Gasteiger partial charge in [0.25, 0.3) is 0 Å². The van der Waals surface area contributed by atoms with Crippen LogP contribution in [0.25, 0.3) is 11.2 Å². The van der Waals surface area contributed by atoms with E-state index in [0.717, 1.165) is 22.1 Å². The van der Waals surface area contributed by atoms with Crippen molar-refractivity contribution in [3.05, 3.63) is 55.4 Å². The van der Waals surface area contributed by atoms with E-state index >= 15 is 0 Å². The fraction of sp³-hybridized carbons (Fsp3) is 0.111. The fourth-order valence-electron chi connectivity index (χ4n) is 2.91. The maximum absolute atomic E-state index is 4.78. The topological polar surface area (TPSA) is 108 Å². The third-order valence-corrected chi connectivity index (χ3v) is 5.25. The van der Waals surface area contributed by atoms with E-state index in [1.54, 1.807) is 18.7 Å². The first-order chi connectivity index (χ1) is 13.8. The van der Waals surface area contributed by atoms with Gasteiger partial charge in [0.2, 0.25) is 0 Å². The van der Waals surface area contributed by atoms with Crippen LogP contribution in [0.5, 0.6) is 0 Å². The third kappa shape index (κ3) is 2.93. The van der Waals surface area contributed by atoms with Crippen LogP contribution in [-0.4, -0.2) is 41.8 Å². The number of nitrogens with one attached hydrogen (secondary N) is 2. The molecule has 1 aliphatic rings. The summed E-state index contributed by atoms with van der Waals surface area (Å²) in [6.45, 7) is 2.03. The SMILES string of the molecule is CC(Nc1ncnc2nc[nH]c12)C1=Nc2nccnc2SN1c1ccccc1. The number of imidazole rings is 1. The number of benzene rings is 1. The lowest BCUT2D eigenvalue weighted by Crippen LogP contribution is -2.39. The summed E-state index contributed by atoms with van der Waals surface area (Å²) < 4.78 is 2.06. The number of hydrogen-bond acceptors (Lipinski definition) is 9. The summed E-state index contributed by atoms with van der Waals surface area (Å²) in [4.78, 5) is 29.3. The molecule has 0 aliphatic carbocycles. The van der Waals surface area contributed by atoms with E-state index in [4.69, 9.17) is 4.99 Å². The largest absolute Gasteiger partial charge is 0.358 e. The molecule has 0 saturated heterocycles. The Morgan fingerprint density at radius 2 is 1.89 bits per heavy atom. The molecule has 4 aromatic rings. The number of anilines is 2. The lowest BCUT2D eigenvalue weighted by Gasteiger charge is -2.31. The zero-order valence-corrected chi connectivity index (χ0v) is 15.6. The van der Waals surface area contributed by atoms with Crippen LogP contribution < -0.4 is 9.62 Å².